The van der Waals surface area contributed by atoms with Crippen LogP contribution in [0.5, 0.6) is 11.5 Å². The van der Waals surface area contributed by atoms with Crippen LogP contribution >= 0.6 is 0 Å². The molecule has 0 fully saturated rings. The number of carbonyl (C=O) groups excluding carboxylic acids is 1. The summed E-state index contributed by atoms with van der Waals surface area (Å²) in [6.45, 7) is 10.3. The van der Waals surface area contributed by atoms with Crippen molar-refractivity contribution in [3.05, 3.63) is 23.3 Å². The maximum Gasteiger partial charge on any atom is 0.164 e. The first-order valence-corrected chi connectivity index (χ1v) is 6.17. The minimum Gasteiger partial charge on any atom is -0.493 e. The lowest BCUT2D eigenvalue weighted by molar-refractivity contribution is 0.101. The van der Waals surface area contributed by atoms with Gasteiger partial charge in [-0.3, -0.25) is 4.79 Å². The van der Waals surface area contributed by atoms with Gasteiger partial charge >= 0.3 is 0 Å². The summed E-state index contributed by atoms with van der Waals surface area (Å²) in [6.07, 6.45) is 0. The van der Waals surface area contributed by atoms with E-state index in [0.29, 0.717) is 17.9 Å². The van der Waals surface area contributed by atoms with Crippen LogP contribution < -0.4 is 9.47 Å². The third kappa shape index (κ3) is 3.03. The number of hydrogen-bond donors (Lipinski definition) is 0. The number of ketones is 1. The predicted molar refractivity (Wildman–Crippen MR) is 72.9 cm³/mol. The molecule has 1 rings (SSSR count). The van der Waals surface area contributed by atoms with Crippen LogP contribution in [0, 0.1) is 0 Å². The Labute approximate surface area is 109 Å². The summed E-state index contributed by atoms with van der Waals surface area (Å²) in [6, 6.07) is 3.64. The maximum atomic E-state index is 11.6. The van der Waals surface area contributed by atoms with Crippen molar-refractivity contribution in [2.24, 2.45) is 0 Å². The topological polar surface area (TPSA) is 35.5 Å². The fourth-order valence-corrected chi connectivity index (χ4v) is 1.81. The summed E-state index contributed by atoms with van der Waals surface area (Å²) in [4.78, 5) is 11.6. The summed E-state index contributed by atoms with van der Waals surface area (Å²) >= 11 is 0. The van der Waals surface area contributed by atoms with Gasteiger partial charge in [-0.1, -0.05) is 20.8 Å². The van der Waals surface area contributed by atoms with Gasteiger partial charge in [-0.25, -0.2) is 0 Å². The van der Waals surface area contributed by atoms with E-state index in [4.69, 9.17) is 9.47 Å². The van der Waals surface area contributed by atoms with Gasteiger partial charge in [-0.2, -0.15) is 0 Å². The van der Waals surface area contributed by atoms with Crippen molar-refractivity contribution < 1.29 is 14.3 Å². The van der Waals surface area contributed by atoms with E-state index < -0.39 is 0 Å². The summed E-state index contributed by atoms with van der Waals surface area (Å²) in [7, 11) is 1.59. The molecule has 3 nitrogen and oxygen atoms in total. The first kappa shape index (κ1) is 14.6. The Kier molecular flexibility index (Phi) is 4.38. The van der Waals surface area contributed by atoms with Gasteiger partial charge < -0.3 is 9.47 Å². The molecule has 18 heavy (non-hydrogen) atoms. The van der Waals surface area contributed by atoms with E-state index in [-0.39, 0.29) is 11.2 Å². The number of ether oxygens (including phenoxy) is 2. The van der Waals surface area contributed by atoms with E-state index in [1.807, 2.05) is 13.0 Å². The molecule has 0 aliphatic heterocycles. The molecule has 0 bridgehead atoms. The normalized spacial score (nSPS) is 11.2. The zero-order valence-electron chi connectivity index (χ0n) is 12.1. The Morgan fingerprint density at radius 3 is 2.28 bits per heavy atom. The maximum absolute atomic E-state index is 11.6. The average Bonchev–Trinajstić information content (AvgIpc) is 2.27. The van der Waals surface area contributed by atoms with E-state index in [9.17, 15) is 4.79 Å². The Balaban J connectivity index is 3.51. The molecule has 1 aromatic carbocycles. The lowest BCUT2D eigenvalue weighted by Gasteiger charge is -2.25. The second-order valence-corrected chi connectivity index (χ2v) is 5.29. The molecule has 0 aromatic heterocycles. The van der Waals surface area contributed by atoms with Gasteiger partial charge in [0.15, 0.2) is 17.3 Å². The highest BCUT2D eigenvalue weighted by Crippen LogP contribution is 2.39. The summed E-state index contributed by atoms with van der Waals surface area (Å²) in [5, 5.41) is 0. The summed E-state index contributed by atoms with van der Waals surface area (Å²) in [5.74, 6) is 1.38. The van der Waals surface area contributed by atoms with Gasteiger partial charge in [0, 0.05) is 11.1 Å². The zero-order valence-corrected chi connectivity index (χ0v) is 12.1. The van der Waals surface area contributed by atoms with Crippen molar-refractivity contribution in [3.63, 3.8) is 0 Å². The van der Waals surface area contributed by atoms with Gasteiger partial charge in [0.2, 0.25) is 0 Å². The largest absolute Gasteiger partial charge is 0.493 e. The lowest BCUT2D eigenvalue weighted by atomic mass is 9.84. The summed E-state index contributed by atoms with van der Waals surface area (Å²) < 4.78 is 11.0. The molecule has 0 saturated heterocycles. The average molecular weight is 250 g/mol. The molecule has 100 valence electrons. The first-order valence-electron chi connectivity index (χ1n) is 6.17. The third-order valence-electron chi connectivity index (χ3n) is 2.78. The summed E-state index contributed by atoms with van der Waals surface area (Å²) in [5.41, 5.74) is 1.54. The molecule has 0 aliphatic carbocycles. The monoisotopic (exact) mass is 250 g/mol. The van der Waals surface area contributed by atoms with Crippen LogP contribution in [0.3, 0.4) is 0 Å². The van der Waals surface area contributed by atoms with Crippen molar-refractivity contribution >= 4 is 5.78 Å². The van der Waals surface area contributed by atoms with Crippen LogP contribution in [-0.2, 0) is 5.41 Å². The molecule has 0 N–H and O–H groups in total. The molecule has 0 aliphatic rings. The Bertz CT molecular complexity index is 442. The van der Waals surface area contributed by atoms with Crippen molar-refractivity contribution in [2.45, 2.75) is 40.0 Å². The van der Waals surface area contributed by atoms with Crippen LogP contribution in [0.15, 0.2) is 12.1 Å². The van der Waals surface area contributed by atoms with Crippen LogP contribution in [-0.4, -0.2) is 19.5 Å². The molecule has 0 radical (unpaired) electrons. The second-order valence-electron chi connectivity index (χ2n) is 5.29. The zero-order chi connectivity index (χ0) is 13.9. The smallest absolute Gasteiger partial charge is 0.164 e. The van der Waals surface area contributed by atoms with Crippen LogP contribution in [0.25, 0.3) is 0 Å². The number of methoxy groups -OCH3 is 1. The highest BCUT2D eigenvalue weighted by atomic mass is 16.5. The van der Waals surface area contributed by atoms with Crippen molar-refractivity contribution in [1.29, 1.82) is 0 Å². The van der Waals surface area contributed by atoms with Crippen molar-refractivity contribution in [3.8, 4) is 11.5 Å². The first-order chi connectivity index (χ1) is 8.31. The standard InChI is InChI=1S/C15H22O3/c1-7-18-14-12(15(3,4)5)8-11(10(2)16)9-13(14)17-6/h8-9H,7H2,1-6H3. The Hall–Kier alpha value is -1.51. The molecule has 0 heterocycles. The third-order valence-corrected chi connectivity index (χ3v) is 2.78. The van der Waals surface area contributed by atoms with E-state index >= 15 is 0 Å². The van der Waals surface area contributed by atoms with Gasteiger partial charge in [0.05, 0.1) is 13.7 Å². The molecular formula is C15H22O3. The number of hydrogen-bond acceptors (Lipinski definition) is 3. The van der Waals surface area contributed by atoms with Crippen molar-refractivity contribution in [1.82, 2.24) is 0 Å². The fraction of sp³-hybridized carbons (Fsp3) is 0.533. The number of carbonyl (C=O) groups is 1. The number of benzene rings is 1. The molecule has 0 saturated carbocycles. The molecule has 0 unspecified atom stereocenters. The molecule has 0 atom stereocenters. The van der Waals surface area contributed by atoms with Gasteiger partial charge in [0.25, 0.3) is 0 Å². The van der Waals surface area contributed by atoms with Crippen LogP contribution in [0.2, 0.25) is 0 Å². The van der Waals surface area contributed by atoms with E-state index in [1.165, 1.54) is 0 Å². The van der Waals surface area contributed by atoms with Gasteiger partial charge in [-0.05, 0) is 31.4 Å². The van der Waals surface area contributed by atoms with E-state index in [2.05, 4.69) is 20.8 Å². The van der Waals surface area contributed by atoms with Crippen molar-refractivity contribution in [2.75, 3.05) is 13.7 Å². The molecule has 0 amide bonds. The molecule has 3 heteroatoms. The lowest BCUT2D eigenvalue weighted by Crippen LogP contribution is -2.15. The highest BCUT2D eigenvalue weighted by Gasteiger charge is 2.24. The van der Waals surface area contributed by atoms with Gasteiger partial charge in [0.1, 0.15) is 0 Å². The highest BCUT2D eigenvalue weighted by molar-refractivity contribution is 5.95. The quantitative estimate of drug-likeness (QED) is 0.766. The number of rotatable bonds is 4. The van der Waals surface area contributed by atoms with Crippen LogP contribution in [0.4, 0.5) is 0 Å². The minimum atomic E-state index is -0.108. The molecule has 1 aromatic rings. The minimum absolute atomic E-state index is 0.0295. The fourth-order valence-electron chi connectivity index (χ4n) is 1.81. The SMILES string of the molecule is CCOc1c(OC)cc(C(C)=O)cc1C(C)(C)C. The Morgan fingerprint density at radius 1 is 1.28 bits per heavy atom. The second kappa shape index (κ2) is 5.42. The van der Waals surface area contributed by atoms with Crippen LogP contribution in [0.1, 0.15) is 50.5 Å². The van der Waals surface area contributed by atoms with Gasteiger partial charge in [-0.15, -0.1) is 0 Å². The number of Topliss-reactive ketones (excluding diaryl/α,β-unsaturated/α-hetero) is 1. The molecular weight excluding hydrogens is 228 g/mol. The Morgan fingerprint density at radius 2 is 1.89 bits per heavy atom. The van der Waals surface area contributed by atoms with E-state index in [1.54, 1.807) is 20.1 Å². The predicted octanol–water partition coefficient (Wildman–Crippen LogP) is 3.59. The van der Waals surface area contributed by atoms with E-state index in [0.717, 1.165) is 11.3 Å². The molecule has 0 spiro atoms.